The lowest BCUT2D eigenvalue weighted by Crippen LogP contribution is -2.24. The smallest absolute Gasteiger partial charge is 0.354 e. The van der Waals surface area contributed by atoms with Gasteiger partial charge in [0.25, 0.3) is 0 Å². The number of hydrogen-bond donors (Lipinski definition) is 1. The molecule has 5 heteroatoms. The number of benzene rings is 1. The van der Waals surface area contributed by atoms with Gasteiger partial charge in [0, 0.05) is 12.6 Å². The molecule has 3 rings (SSSR count). The van der Waals surface area contributed by atoms with Crippen molar-refractivity contribution in [2.24, 2.45) is 0 Å². The molecule has 0 bridgehead atoms. The molecular weight excluding hydrogens is 244 g/mol. The monoisotopic (exact) mass is 258 g/mol. The number of aromatic carboxylic acids is 1. The van der Waals surface area contributed by atoms with Crippen LogP contribution in [0.5, 0.6) is 5.75 Å². The largest absolute Gasteiger partial charge is 0.488 e. The van der Waals surface area contributed by atoms with Crippen molar-refractivity contribution in [2.45, 2.75) is 26.0 Å². The Hall–Kier alpha value is -2.30. The van der Waals surface area contributed by atoms with E-state index in [2.05, 4.69) is 11.2 Å². The van der Waals surface area contributed by atoms with Crippen LogP contribution in [0.3, 0.4) is 0 Å². The molecule has 0 fully saturated rings. The minimum atomic E-state index is -0.969. The summed E-state index contributed by atoms with van der Waals surface area (Å²) in [7, 11) is 0. The topological polar surface area (TPSA) is 64.4 Å². The second-order valence-corrected chi connectivity index (χ2v) is 4.76. The van der Waals surface area contributed by atoms with E-state index < -0.39 is 5.97 Å². The highest BCUT2D eigenvalue weighted by Gasteiger charge is 2.24. The zero-order valence-electron chi connectivity index (χ0n) is 10.5. The van der Waals surface area contributed by atoms with Crippen LogP contribution in [0.2, 0.25) is 0 Å². The molecule has 2 aromatic rings. The van der Waals surface area contributed by atoms with Gasteiger partial charge in [0.15, 0.2) is 0 Å². The minimum absolute atomic E-state index is 0.0604. The molecule has 0 amide bonds. The molecule has 1 atom stereocenters. The van der Waals surface area contributed by atoms with Crippen LogP contribution < -0.4 is 4.74 Å². The molecule has 0 radical (unpaired) electrons. The van der Waals surface area contributed by atoms with Crippen molar-refractivity contribution in [2.75, 3.05) is 0 Å². The van der Waals surface area contributed by atoms with Gasteiger partial charge in [-0.25, -0.2) is 4.79 Å². The van der Waals surface area contributed by atoms with Crippen LogP contribution in [0.4, 0.5) is 0 Å². The summed E-state index contributed by atoms with van der Waals surface area (Å²) >= 11 is 0. The van der Waals surface area contributed by atoms with Gasteiger partial charge in [0.2, 0.25) is 0 Å². The number of carbonyl (C=O) groups is 1. The van der Waals surface area contributed by atoms with Crippen molar-refractivity contribution >= 4 is 5.97 Å². The molecule has 19 heavy (non-hydrogen) atoms. The van der Waals surface area contributed by atoms with E-state index in [1.54, 1.807) is 0 Å². The average Bonchev–Trinajstić information content (AvgIpc) is 2.95. The summed E-state index contributed by atoms with van der Waals surface area (Å²) in [5.74, 6) is -0.0801. The highest BCUT2D eigenvalue weighted by atomic mass is 16.5. The maximum absolute atomic E-state index is 11.0. The lowest BCUT2D eigenvalue weighted by Gasteiger charge is -2.11. The fourth-order valence-corrected chi connectivity index (χ4v) is 2.40. The van der Waals surface area contributed by atoms with Gasteiger partial charge in [-0.15, -0.1) is 0 Å². The Morgan fingerprint density at radius 1 is 1.53 bits per heavy atom. The zero-order valence-corrected chi connectivity index (χ0v) is 10.5. The van der Waals surface area contributed by atoms with Crippen molar-refractivity contribution in [3.8, 4) is 5.75 Å². The van der Waals surface area contributed by atoms with E-state index in [1.807, 2.05) is 19.1 Å². The molecule has 1 aromatic carbocycles. The summed E-state index contributed by atoms with van der Waals surface area (Å²) in [5.41, 5.74) is 2.57. The van der Waals surface area contributed by atoms with Crippen LogP contribution in [0.15, 0.2) is 30.5 Å². The van der Waals surface area contributed by atoms with Gasteiger partial charge in [-0.05, 0) is 24.6 Å². The summed E-state index contributed by atoms with van der Waals surface area (Å²) in [6.07, 6.45) is 2.22. The minimum Gasteiger partial charge on any atom is -0.488 e. The lowest BCUT2D eigenvalue weighted by molar-refractivity contribution is 0.0679. The predicted molar refractivity (Wildman–Crippen MR) is 68.5 cm³/mol. The van der Waals surface area contributed by atoms with Crippen LogP contribution in [-0.2, 0) is 13.0 Å². The summed E-state index contributed by atoms with van der Waals surface area (Å²) in [6, 6.07) is 7.58. The van der Waals surface area contributed by atoms with Crippen LogP contribution in [0, 0.1) is 6.92 Å². The van der Waals surface area contributed by atoms with Gasteiger partial charge in [-0.1, -0.05) is 17.7 Å². The number of carboxylic acid groups (broad SMARTS) is 1. The number of carboxylic acids is 1. The van der Waals surface area contributed by atoms with Gasteiger partial charge >= 0.3 is 5.97 Å². The Morgan fingerprint density at radius 2 is 2.37 bits per heavy atom. The van der Waals surface area contributed by atoms with Gasteiger partial charge in [-0.2, -0.15) is 5.10 Å². The van der Waals surface area contributed by atoms with Gasteiger partial charge in [0.05, 0.1) is 6.54 Å². The van der Waals surface area contributed by atoms with Crippen LogP contribution in [-0.4, -0.2) is 27.0 Å². The average molecular weight is 258 g/mol. The van der Waals surface area contributed by atoms with E-state index in [9.17, 15) is 4.79 Å². The van der Waals surface area contributed by atoms with Gasteiger partial charge in [0.1, 0.15) is 17.5 Å². The van der Waals surface area contributed by atoms with Crippen molar-refractivity contribution in [1.29, 1.82) is 0 Å². The van der Waals surface area contributed by atoms with Crippen molar-refractivity contribution < 1.29 is 14.6 Å². The third kappa shape index (κ3) is 2.19. The number of fused-ring (bicyclic) bond motifs is 1. The molecule has 1 N–H and O–H groups in total. The third-order valence-electron chi connectivity index (χ3n) is 3.27. The normalized spacial score (nSPS) is 17.0. The SMILES string of the molecule is Cc1ccc2c(c1)CC(Cn1nccc1C(=O)O)O2. The summed E-state index contributed by atoms with van der Waals surface area (Å²) in [4.78, 5) is 11.0. The van der Waals surface area contributed by atoms with Crippen molar-refractivity contribution in [1.82, 2.24) is 9.78 Å². The number of rotatable bonds is 3. The molecule has 1 aromatic heterocycles. The first-order valence-corrected chi connectivity index (χ1v) is 6.15. The first-order chi connectivity index (χ1) is 9.13. The molecule has 1 aliphatic rings. The number of ether oxygens (including phenoxy) is 1. The standard InChI is InChI=1S/C14H14N2O3/c1-9-2-3-13-10(6-9)7-11(19-13)8-16-12(14(17)18)4-5-15-16/h2-6,11H,7-8H2,1H3,(H,17,18). The Balaban J connectivity index is 1.77. The maximum atomic E-state index is 11.0. The molecule has 2 heterocycles. The quantitative estimate of drug-likeness (QED) is 0.913. The number of aryl methyl sites for hydroxylation is 1. The molecule has 1 unspecified atom stereocenters. The number of nitrogens with zero attached hydrogens (tertiary/aromatic N) is 2. The van der Waals surface area contributed by atoms with Crippen molar-refractivity contribution in [3.63, 3.8) is 0 Å². The fourth-order valence-electron chi connectivity index (χ4n) is 2.40. The van der Waals surface area contributed by atoms with Crippen LogP contribution in [0.1, 0.15) is 21.6 Å². The molecule has 0 spiro atoms. The van der Waals surface area contributed by atoms with Crippen LogP contribution in [0.25, 0.3) is 0 Å². The molecule has 0 aliphatic carbocycles. The summed E-state index contributed by atoms with van der Waals surface area (Å²) in [6.45, 7) is 2.49. The highest BCUT2D eigenvalue weighted by Crippen LogP contribution is 2.30. The molecule has 5 nitrogen and oxygen atoms in total. The lowest BCUT2D eigenvalue weighted by atomic mass is 10.1. The Kier molecular flexibility index (Phi) is 2.74. The molecular formula is C14H14N2O3. The number of hydrogen-bond acceptors (Lipinski definition) is 3. The van der Waals surface area contributed by atoms with Gasteiger partial charge < -0.3 is 9.84 Å². The number of aromatic nitrogens is 2. The molecule has 1 aliphatic heterocycles. The van der Waals surface area contributed by atoms with Crippen molar-refractivity contribution in [3.05, 3.63) is 47.3 Å². The first-order valence-electron chi connectivity index (χ1n) is 6.15. The van der Waals surface area contributed by atoms with E-state index in [0.29, 0.717) is 6.54 Å². The maximum Gasteiger partial charge on any atom is 0.354 e. The van der Waals surface area contributed by atoms with Gasteiger partial charge in [-0.3, -0.25) is 4.68 Å². The molecule has 0 saturated heterocycles. The summed E-state index contributed by atoms with van der Waals surface area (Å²) in [5, 5.41) is 13.1. The fraction of sp³-hybridized carbons (Fsp3) is 0.286. The molecule has 0 saturated carbocycles. The third-order valence-corrected chi connectivity index (χ3v) is 3.27. The molecule has 98 valence electrons. The van der Waals surface area contributed by atoms with E-state index in [4.69, 9.17) is 9.84 Å². The first kappa shape index (κ1) is 11.8. The Bertz CT molecular complexity index is 633. The second-order valence-electron chi connectivity index (χ2n) is 4.76. The summed E-state index contributed by atoms with van der Waals surface area (Å²) < 4.78 is 7.29. The predicted octanol–water partition coefficient (Wildman–Crippen LogP) is 1.89. The zero-order chi connectivity index (χ0) is 13.4. The Labute approximate surface area is 110 Å². The highest BCUT2D eigenvalue weighted by molar-refractivity contribution is 5.85. The van der Waals surface area contributed by atoms with E-state index in [-0.39, 0.29) is 11.8 Å². The van der Waals surface area contributed by atoms with E-state index >= 15 is 0 Å². The second kappa shape index (κ2) is 4.42. The van der Waals surface area contributed by atoms with E-state index in [1.165, 1.54) is 28.1 Å². The van der Waals surface area contributed by atoms with Crippen LogP contribution >= 0.6 is 0 Å². The van der Waals surface area contributed by atoms with E-state index in [0.717, 1.165) is 12.2 Å². The Morgan fingerprint density at radius 3 is 3.16 bits per heavy atom.